The lowest BCUT2D eigenvalue weighted by Crippen LogP contribution is -2.42. The number of nitrogens with zero attached hydrogens (tertiary/aromatic N) is 2. The van der Waals surface area contributed by atoms with Gasteiger partial charge in [0.15, 0.2) is 5.16 Å². The minimum absolute atomic E-state index is 0.00687. The second-order valence-electron chi connectivity index (χ2n) is 8.01. The number of para-hydroxylation sites is 1. The van der Waals surface area contributed by atoms with E-state index in [-0.39, 0.29) is 23.3 Å². The molecule has 1 N–H and O–H groups in total. The maximum atomic E-state index is 13.2. The molecule has 1 fully saturated rings. The number of amides is 1. The second kappa shape index (κ2) is 9.47. The lowest BCUT2D eigenvalue weighted by molar-refractivity contribution is -0.119. The summed E-state index contributed by atoms with van der Waals surface area (Å²) in [5.74, 6) is 0.776. The summed E-state index contributed by atoms with van der Waals surface area (Å²) in [6.07, 6.45) is 4.63. The smallest absolute Gasteiger partial charge is 0.262 e. The van der Waals surface area contributed by atoms with Crippen LogP contribution >= 0.6 is 11.8 Å². The summed E-state index contributed by atoms with van der Waals surface area (Å²) in [5, 5.41) is 4.36. The molecule has 1 amide bonds. The summed E-state index contributed by atoms with van der Waals surface area (Å²) in [7, 11) is 0. The fourth-order valence-corrected chi connectivity index (χ4v) is 4.88. The summed E-state index contributed by atoms with van der Waals surface area (Å²) in [6.45, 7) is 2.64. The van der Waals surface area contributed by atoms with Gasteiger partial charge in [-0.2, -0.15) is 0 Å². The van der Waals surface area contributed by atoms with E-state index in [4.69, 9.17) is 4.98 Å². The van der Waals surface area contributed by atoms with Crippen LogP contribution in [0, 0.1) is 5.92 Å². The molecule has 4 rings (SSSR count). The number of aromatic nitrogens is 2. The van der Waals surface area contributed by atoms with Crippen LogP contribution in [0.1, 0.15) is 38.2 Å². The standard InChI is InChI=1S/C24H27N3O2S/c1-17-9-5-7-13-20(17)25-22(28)16-30-24-26-21-14-8-6-12-19(21)23(29)27(24)15-18-10-3-2-4-11-18/h2-4,6,8,10-12,14,17,20H,5,7,9,13,15-16H2,1H3,(H,25,28)/t17-,20+/m0/s1. The highest BCUT2D eigenvalue weighted by Gasteiger charge is 2.23. The zero-order chi connectivity index (χ0) is 20.9. The van der Waals surface area contributed by atoms with E-state index < -0.39 is 0 Å². The molecule has 156 valence electrons. The normalized spacial score (nSPS) is 19.0. The average Bonchev–Trinajstić information content (AvgIpc) is 2.77. The maximum Gasteiger partial charge on any atom is 0.262 e. The van der Waals surface area contributed by atoms with E-state index in [1.165, 1.54) is 31.0 Å². The number of carbonyl (C=O) groups excluding carboxylic acids is 1. The Balaban J connectivity index is 1.56. The average molecular weight is 422 g/mol. The van der Waals surface area contributed by atoms with E-state index in [0.717, 1.165) is 12.0 Å². The van der Waals surface area contributed by atoms with Crippen molar-refractivity contribution >= 4 is 28.6 Å². The van der Waals surface area contributed by atoms with Crippen molar-refractivity contribution in [1.82, 2.24) is 14.9 Å². The predicted octanol–water partition coefficient (Wildman–Crippen LogP) is 4.23. The number of fused-ring (bicyclic) bond motifs is 1. The van der Waals surface area contributed by atoms with Gasteiger partial charge in [-0.25, -0.2) is 4.98 Å². The lowest BCUT2D eigenvalue weighted by atomic mass is 9.86. The van der Waals surface area contributed by atoms with Crippen molar-refractivity contribution in [2.75, 3.05) is 5.75 Å². The van der Waals surface area contributed by atoms with Crippen LogP contribution < -0.4 is 10.9 Å². The topological polar surface area (TPSA) is 64.0 Å². The zero-order valence-electron chi connectivity index (χ0n) is 17.2. The Labute approximate surface area is 180 Å². The van der Waals surface area contributed by atoms with Crippen LogP contribution in [0.25, 0.3) is 10.9 Å². The monoisotopic (exact) mass is 421 g/mol. The molecule has 1 saturated carbocycles. The SMILES string of the molecule is C[C@H]1CCCC[C@H]1NC(=O)CSc1nc2ccccc2c(=O)n1Cc1ccccc1. The molecule has 0 bridgehead atoms. The third-order valence-corrected chi connectivity index (χ3v) is 6.78. The van der Waals surface area contributed by atoms with Gasteiger partial charge in [-0.05, 0) is 36.5 Å². The first kappa shape index (κ1) is 20.7. The summed E-state index contributed by atoms with van der Waals surface area (Å²) < 4.78 is 1.68. The molecule has 1 aromatic heterocycles. The molecule has 1 heterocycles. The Morgan fingerprint density at radius 1 is 1.10 bits per heavy atom. The highest BCUT2D eigenvalue weighted by Crippen LogP contribution is 2.24. The van der Waals surface area contributed by atoms with Crippen LogP contribution in [-0.4, -0.2) is 27.3 Å². The van der Waals surface area contributed by atoms with Crippen molar-refractivity contribution in [3.63, 3.8) is 0 Å². The number of hydrogen-bond acceptors (Lipinski definition) is 4. The summed E-state index contributed by atoms with van der Waals surface area (Å²) in [4.78, 5) is 30.5. The van der Waals surface area contributed by atoms with E-state index in [1.54, 1.807) is 10.6 Å². The number of thioether (sulfide) groups is 1. The van der Waals surface area contributed by atoms with Crippen LogP contribution in [0.4, 0.5) is 0 Å². The molecule has 3 aromatic rings. The van der Waals surface area contributed by atoms with Gasteiger partial charge in [-0.15, -0.1) is 0 Å². The quantitative estimate of drug-likeness (QED) is 0.478. The summed E-state index contributed by atoms with van der Waals surface area (Å²) in [6, 6.07) is 17.5. The van der Waals surface area contributed by atoms with E-state index in [0.29, 0.717) is 28.5 Å². The van der Waals surface area contributed by atoms with Crippen LogP contribution in [0.2, 0.25) is 0 Å². The van der Waals surface area contributed by atoms with Gasteiger partial charge in [0.1, 0.15) is 0 Å². The molecule has 1 aliphatic rings. The molecule has 0 spiro atoms. The largest absolute Gasteiger partial charge is 0.352 e. The highest BCUT2D eigenvalue weighted by molar-refractivity contribution is 7.99. The number of carbonyl (C=O) groups is 1. The Morgan fingerprint density at radius 2 is 1.83 bits per heavy atom. The molecule has 1 aliphatic carbocycles. The molecule has 6 heteroatoms. The molecule has 30 heavy (non-hydrogen) atoms. The van der Waals surface area contributed by atoms with Gasteiger partial charge in [-0.3, -0.25) is 14.2 Å². The van der Waals surface area contributed by atoms with E-state index in [9.17, 15) is 9.59 Å². The van der Waals surface area contributed by atoms with Crippen LogP contribution in [0.5, 0.6) is 0 Å². The molecule has 0 unspecified atom stereocenters. The third kappa shape index (κ3) is 4.75. The zero-order valence-corrected chi connectivity index (χ0v) is 18.0. The van der Waals surface area contributed by atoms with Gasteiger partial charge in [0.05, 0.1) is 23.2 Å². The van der Waals surface area contributed by atoms with Crippen molar-refractivity contribution in [3.05, 3.63) is 70.5 Å². The van der Waals surface area contributed by atoms with E-state index in [2.05, 4.69) is 12.2 Å². The fourth-order valence-electron chi connectivity index (χ4n) is 4.07. The molecular formula is C24H27N3O2S. The predicted molar refractivity (Wildman–Crippen MR) is 122 cm³/mol. The molecular weight excluding hydrogens is 394 g/mol. The number of hydrogen-bond donors (Lipinski definition) is 1. The summed E-state index contributed by atoms with van der Waals surface area (Å²) >= 11 is 1.33. The Morgan fingerprint density at radius 3 is 2.63 bits per heavy atom. The minimum atomic E-state index is -0.0757. The van der Waals surface area contributed by atoms with Crippen molar-refractivity contribution in [2.45, 2.75) is 50.4 Å². The second-order valence-corrected chi connectivity index (χ2v) is 8.96. The third-order valence-electron chi connectivity index (χ3n) is 5.80. The Bertz CT molecular complexity index is 1080. The molecule has 2 atom stereocenters. The van der Waals surface area contributed by atoms with E-state index in [1.807, 2.05) is 48.5 Å². The maximum absolute atomic E-state index is 13.2. The lowest BCUT2D eigenvalue weighted by Gasteiger charge is -2.29. The van der Waals surface area contributed by atoms with Crippen molar-refractivity contribution in [3.8, 4) is 0 Å². The van der Waals surface area contributed by atoms with Gasteiger partial charge in [0, 0.05) is 6.04 Å². The van der Waals surface area contributed by atoms with Crippen molar-refractivity contribution < 1.29 is 4.79 Å². The first-order chi connectivity index (χ1) is 14.6. The van der Waals surface area contributed by atoms with Gasteiger partial charge in [-0.1, -0.05) is 74.0 Å². The van der Waals surface area contributed by atoms with Crippen LogP contribution in [-0.2, 0) is 11.3 Å². The van der Waals surface area contributed by atoms with Gasteiger partial charge in [0.25, 0.3) is 5.56 Å². The van der Waals surface area contributed by atoms with Crippen molar-refractivity contribution in [1.29, 1.82) is 0 Å². The molecule has 0 radical (unpaired) electrons. The summed E-state index contributed by atoms with van der Waals surface area (Å²) in [5.41, 5.74) is 1.61. The Kier molecular flexibility index (Phi) is 6.53. The molecule has 0 saturated heterocycles. The first-order valence-electron chi connectivity index (χ1n) is 10.6. The minimum Gasteiger partial charge on any atom is -0.352 e. The van der Waals surface area contributed by atoms with Gasteiger partial charge >= 0.3 is 0 Å². The fraction of sp³-hybridized carbons (Fsp3) is 0.375. The first-order valence-corrected chi connectivity index (χ1v) is 11.6. The molecule has 0 aliphatic heterocycles. The van der Waals surface area contributed by atoms with Gasteiger partial charge in [0.2, 0.25) is 5.91 Å². The molecule has 5 nitrogen and oxygen atoms in total. The van der Waals surface area contributed by atoms with E-state index >= 15 is 0 Å². The van der Waals surface area contributed by atoms with Crippen LogP contribution in [0.3, 0.4) is 0 Å². The Hall–Kier alpha value is -2.60. The van der Waals surface area contributed by atoms with Crippen LogP contribution in [0.15, 0.2) is 64.5 Å². The highest BCUT2D eigenvalue weighted by atomic mass is 32.2. The number of benzene rings is 2. The number of nitrogens with one attached hydrogen (secondary N) is 1. The van der Waals surface area contributed by atoms with Gasteiger partial charge < -0.3 is 5.32 Å². The molecule has 2 aromatic carbocycles. The number of rotatable bonds is 6. The van der Waals surface area contributed by atoms with Crippen molar-refractivity contribution in [2.24, 2.45) is 5.92 Å².